The summed E-state index contributed by atoms with van der Waals surface area (Å²) in [5.74, 6) is 0.100. The third-order valence-electron chi connectivity index (χ3n) is 1.75. The number of rotatable bonds is 0. The van der Waals surface area contributed by atoms with E-state index in [-0.39, 0.29) is 42.6 Å². The average Bonchev–Trinajstić information content (AvgIpc) is 2.06. The maximum atomic E-state index is 11.2. The van der Waals surface area contributed by atoms with Gasteiger partial charge in [-0.2, -0.15) is 0 Å². The van der Waals surface area contributed by atoms with E-state index < -0.39 is 0 Å². The molecule has 3 N–H and O–H groups in total. The minimum Gasteiger partial charge on any atom is -0.872 e. The first-order valence-corrected chi connectivity index (χ1v) is 3.53. The Balaban J connectivity index is -0.000000360. The van der Waals surface area contributed by atoms with Gasteiger partial charge in [-0.15, -0.1) is 5.75 Å². The second kappa shape index (κ2) is 6.66. The van der Waals surface area contributed by atoms with Crippen LogP contribution in [0.5, 0.6) is 5.75 Å². The van der Waals surface area contributed by atoms with Gasteiger partial charge >= 0.3 is 0 Å². The van der Waals surface area contributed by atoms with E-state index in [1.165, 1.54) is 0 Å². The summed E-state index contributed by atoms with van der Waals surface area (Å²) in [7, 11) is 0. The van der Waals surface area contributed by atoms with Crippen LogP contribution in [-0.4, -0.2) is 35.4 Å². The Morgan fingerprint density at radius 3 is 2.14 bits per heavy atom. The summed E-state index contributed by atoms with van der Waals surface area (Å²) in [6, 6.07) is 12.9. The standard InChI is InChI=1S/C10H8O.2H2O.Sb.H2/c11-10-7-3-5-8-4-1-2-6-9(8)10;;;;/h1-7,11H;2*1H2;;1H/p-2. The van der Waals surface area contributed by atoms with Crippen molar-refractivity contribution < 1.29 is 17.5 Å². The van der Waals surface area contributed by atoms with Crippen molar-refractivity contribution in [1.29, 1.82) is 0 Å². The van der Waals surface area contributed by atoms with Crippen LogP contribution in [0.2, 0.25) is 0 Å². The molecule has 0 bridgehead atoms. The fraction of sp³-hybridized carbons (Fsp3) is 0. The van der Waals surface area contributed by atoms with Crippen LogP contribution in [0.1, 0.15) is 1.43 Å². The summed E-state index contributed by atoms with van der Waals surface area (Å²) in [6.45, 7) is 0. The van der Waals surface area contributed by atoms with E-state index in [1.54, 1.807) is 12.1 Å². The third kappa shape index (κ3) is 2.88. The summed E-state index contributed by atoms with van der Waals surface area (Å²) in [6.07, 6.45) is 0. The predicted octanol–water partition coefficient (Wildman–Crippen LogP) is 0.777. The summed E-state index contributed by atoms with van der Waals surface area (Å²) in [5.41, 5.74) is 0. The van der Waals surface area contributed by atoms with Crippen LogP contribution < -0.4 is 5.11 Å². The zero-order chi connectivity index (χ0) is 7.68. The molecule has 0 heterocycles. The molecule has 3 nitrogen and oxygen atoms in total. The Morgan fingerprint density at radius 1 is 0.929 bits per heavy atom. The Labute approximate surface area is 101 Å². The zero-order valence-electron chi connectivity index (χ0n) is 7.34. The van der Waals surface area contributed by atoms with Gasteiger partial charge in [-0.1, -0.05) is 42.5 Å². The Kier molecular flexibility index (Phi) is 7.46. The van der Waals surface area contributed by atoms with E-state index in [2.05, 4.69) is 0 Å². The molecule has 2 aromatic rings. The predicted molar refractivity (Wildman–Crippen MR) is 56.8 cm³/mol. The van der Waals surface area contributed by atoms with Crippen LogP contribution in [-0.2, 0) is 0 Å². The summed E-state index contributed by atoms with van der Waals surface area (Å²) >= 11 is 0. The van der Waals surface area contributed by atoms with Crippen molar-refractivity contribution in [2.75, 3.05) is 0 Å². The molecule has 0 unspecified atom stereocenters. The molecule has 0 amide bonds. The zero-order valence-corrected chi connectivity index (χ0v) is 9.90. The van der Waals surface area contributed by atoms with Gasteiger partial charge in [-0.25, -0.2) is 0 Å². The summed E-state index contributed by atoms with van der Waals surface area (Å²) in [4.78, 5) is 0. The van der Waals surface area contributed by atoms with Gasteiger partial charge in [-0.3, -0.25) is 0 Å². The number of benzene rings is 2. The van der Waals surface area contributed by atoms with Gasteiger partial charge in [0.15, 0.2) is 0 Å². The van der Waals surface area contributed by atoms with Gasteiger partial charge < -0.3 is 16.1 Å². The first-order valence-electron chi connectivity index (χ1n) is 3.53. The van der Waals surface area contributed by atoms with E-state index in [9.17, 15) is 5.11 Å². The van der Waals surface area contributed by atoms with Crippen LogP contribution in [0.4, 0.5) is 0 Å². The Hall–Kier alpha value is -0.762. The van der Waals surface area contributed by atoms with Crippen molar-refractivity contribution in [1.82, 2.24) is 0 Å². The average molecular weight is 302 g/mol. The van der Waals surface area contributed by atoms with Crippen molar-refractivity contribution >= 4 is 35.2 Å². The SMILES string of the molecule is O.[HH].[O-]c1cccc2ccccc12.[OH-].[Sb]. The van der Waals surface area contributed by atoms with Gasteiger partial charge in [0.2, 0.25) is 0 Å². The number of hydrogen-bond acceptors (Lipinski definition) is 2. The van der Waals surface area contributed by atoms with Crippen molar-refractivity contribution in [2.24, 2.45) is 0 Å². The smallest absolute Gasteiger partial charge is 0 e. The molecule has 3 radical (unpaired) electrons. The van der Waals surface area contributed by atoms with E-state index >= 15 is 0 Å². The Morgan fingerprint density at radius 2 is 1.50 bits per heavy atom. The van der Waals surface area contributed by atoms with Gasteiger partial charge in [0.25, 0.3) is 0 Å². The molecule has 14 heavy (non-hydrogen) atoms. The molecule has 77 valence electrons. The normalized spacial score (nSPS) is 8.00. The van der Waals surface area contributed by atoms with Crippen LogP contribution >= 0.6 is 0 Å². The van der Waals surface area contributed by atoms with Gasteiger partial charge in [0.1, 0.15) is 0 Å². The molecule has 0 aliphatic carbocycles. The summed E-state index contributed by atoms with van der Waals surface area (Å²) < 4.78 is 0. The maximum Gasteiger partial charge on any atom is 0 e. The Bertz CT molecular complexity index is 390. The molecule has 0 aromatic heterocycles. The largest absolute Gasteiger partial charge is 0.872 e. The van der Waals surface area contributed by atoms with Crippen molar-refractivity contribution in [3.8, 4) is 5.75 Å². The monoisotopic (exact) mass is 301 g/mol. The van der Waals surface area contributed by atoms with Crippen LogP contribution in [0.3, 0.4) is 0 Å². The van der Waals surface area contributed by atoms with Crippen molar-refractivity contribution in [2.45, 2.75) is 0 Å². The van der Waals surface area contributed by atoms with Gasteiger partial charge in [0.05, 0.1) is 0 Å². The molecule has 4 heteroatoms. The molecule has 0 fully saturated rings. The fourth-order valence-electron chi connectivity index (χ4n) is 1.20. The second-order valence-corrected chi connectivity index (χ2v) is 2.48. The van der Waals surface area contributed by atoms with Gasteiger partial charge in [-0.05, 0) is 10.8 Å². The van der Waals surface area contributed by atoms with Crippen LogP contribution in [0, 0.1) is 0 Å². The molecular weight excluding hydrogens is 290 g/mol. The molecule has 0 spiro atoms. The van der Waals surface area contributed by atoms with Crippen LogP contribution in [0.25, 0.3) is 10.8 Å². The van der Waals surface area contributed by atoms with Crippen LogP contribution in [0.15, 0.2) is 42.5 Å². The first-order chi connectivity index (χ1) is 5.38. The molecule has 0 saturated heterocycles. The maximum absolute atomic E-state index is 11.2. The van der Waals surface area contributed by atoms with E-state index in [0.717, 1.165) is 10.8 Å². The number of fused-ring (bicyclic) bond motifs is 1. The third-order valence-corrected chi connectivity index (χ3v) is 1.75. The minimum atomic E-state index is 0. The topological polar surface area (TPSA) is 84.6 Å². The van der Waals surface area contributed by atoms with E-state index in [0.29, 0.717) is 0 Å². The molecule has 2 rings (SSSR count). The molecular formula is C10H12O3Sb-2. The van der Waals surface area contributed by atoms with E-state index in [1.807, 2.05) is 30.3 Å². The van der Waals surface area contributed by atoms with E-state index in [4.69, 9.17) is 0 Å². The van der Waals surface area contributed by atoms with Gasteiger partial charge in [0, 0.05) is 25.9 Å². The molecule has 0 saturated carbocycles. The molecule has 2 aromatic carbocycles. The fourth-order valence-corrected chi connectivity index (χ4v) is 1.20. The first kappa shape index (κ1) is 15.7. The van der Waals surface area contributed by atoms with Crippen molar-refractivity contribution in [3.05, 3.63) is 42.5 Å². The molecule has 0 aliphatic rings. The minimum absolute atomic E-state index is 0. The second-order valence-electron chi connectivity index (χ2n) is 2.48. The quantitative estimate of drug-likeness (QED) is 0.673. The molecule has 0 atom stereocenters. The van der Waals surface area contributed by atoms with Crippen molar-refractivity contribution in [3.63, 3.8) is 0 Å². The summed E-state index contributed by atoms with van der Waals surface area (Å²) in [5, 5.41) is 13.0. The molecule has 0 aliphatic heterocycles. The number of hydrogen-bond donors (Lipinski definition) is 0.